The molecule has 100 valence electrons. The zero-order chi connectivity index (χ0) is 13.6. The van der Waals surface area contributed by atoms with Gasteiger partial charge in [-0.2, -0.15) is 0 Å². The van der Waals surface area contributed by atoms with E-state index in [0.29, 0.717) is 17.9 Å². The van der Waals surface area contributed by atoms with E-state index in [1.54, 1.807) is 24.3 Å². The van der Waals surface area contributed by atoms with Gasteiger partial charge < -0.3 is 10.5 Å². The molecule has 0 bridgehead atoms. The van der Waals surface area contributed by atoms with Crippen LogP contribution in [0.2, 0.25) is 0 Å². The summed E-state index contributed by atoms with van der Waals surface area (Å²) in [5, 5.41) is 0. The van der Waals surface area contributed by atoms with E-state index in [1.807, 2.05) is 6.92 Å². The lowest BCUT2D eigenvalue weighted by molar-refractivity contribution is 0.163. The minimum Gasteiger partial charge on any atom is -0.389 e. The number of nitrogens with two attached hydrogens (primary N) is 1. The van der Waals surface area contributed by atoms with Crippen molar-refractivity contribution >= 4 is 32.9 Å². The van der Waals surface area contributed by atoms with Gasteiger partial charge in [-0.3, -0.25) is 4.72 Å². The summed E-state index contributed by atoms with van der Waals surface area (Å²) in [6.07, 6.45) is 0. The van der Waals surface area contributed by atoms with Crippen LogP contribution in [-0.4, -0.2) is 32.4 Å². The summed E-state index contributed by atoms with van der Waals surface area (Å²) >= 11 is 4.83. The van der Waals surface area contributed by atoms with Crippen LogP contribution in [0.3, 0.4) is 0 Å². The minimum absolute atomic E-state index is 0.0852. The highest BCUT2D eigenvalue weighted by atomic mass is 32.2. The van der Waals surface area contributed by atoms with Crippen LogP contribution in [0.5, 0.6) is 0 Å². The molecule has 0 saturated heterocycles. The lowest BCUT2D eigenvalue weighted by atomic mass is 10.2. The Kier molecular flexibility index (Phi) is 5.52. The monoisotopic (exact) mass is 288 g/mol. The molecule has 5 nitrogen and oxygen atoms in total. The normalized spacial score (nSPS) is 11.2. The molecule has 0 aliphatic carbocycles. The van der Waals surface area contributed by atoms with E-state index in [0.717, 1.165) is 0 Å². The third-order valence-corrected chi connectivity index (χ3v) is 3.61. The van der Waals surface area contributed by atoms with Gasteiger partial charge in [0.15, 0.2) is 0 Å². The molecule has 1 aromatic carbocycles. The lowest BCUT2D eigenvalue weighted by Gasteiger charge is -2.09. The number of ether oxygens (including phenoxy) is 1. The largest absolute Gasteiger partial charge is 0.389 e. The summed E-state index contributed by atoms with van der Waals surface area (Å²) < 4.78 is 30.9. The smallest absolute Gasteiger partial charge is 0.234 e. The van der Waals surface area contributed by atoms with E-state index in [1.165, 1.54) is 0 Å². The van der Waals surface area contributed by atoms with Crippen LogP contribution in [0.4, 0.5) is 5.69 Å². The van der Waals surface area contributed by atoms with Gasteiger partial charge in [0.1, 0.15) is 4.99 Å². The highest BCUT2D eigenvalue weighted by Crippen LogP contribution is 2.12. The van der Waals surface area contributed by atoms with Crippen LogP contribution < -0.4 is 10.5 Å². The molecule has 0 radical (unpaired) electrons. The maximum Gasteiger partial charge on any atom is 0.234 e. The number of rotatable bonds is 7. The maximum atomic E-state index is 11.7. The first kappa shape index (κ1) is 14.9. The highest BCUT2D eigenvalue weighted by molar-refractivity contribution is 7.92. The summed E-state index contributed by atoms with van der Waals surface area (Å²) in [4.78, 5) is 0.227. The molecule has 0 amide bonds. The molecule has 1 aromatic rings. The van der Waals surface area contributed by atoms with E-state index in [9.17, 15) is 8.42 Å². The van der Waals surface area contributed by atoms with Gasteiger partial charge in [0, 0.05) is 17.9 Å². The summed E-state index contributed by atoms with van der Waals surface area (Å²) in [6.45, 7) is 2.47. The van der Waals surface area contributed by atoms with Crippen molar-refractivity contribution in [1.29, 1.82) is 0 Å². The molecule has 0 aliphatic rings. The van der Waals surface area contributed by atoms with Crippen molar-refractivity contribution in [3.63, 3.8) is 0 Å². The minimum atomic E-state index is -3.41. The van der Waals surface area contributed by atoms with E-state index in [4.69, 9.17) is 22.7 Å². The fourth-order valence-electron chi connectivity index (χ4n) is 1.28. The fourth-order valence-corrected chi connectivity index (χ4v) is 2.33. The topological polar surface area (TPSA) is 81.4 Å². The zero-order valence-corrected chi connectivity index (χ0v) is 11.7. The zero-order valence-electron chi connectivity index (χ0n) is 10.0. The van der Waals surface area contributed by atoms with Crippen molar-refractivity contribution < 1.29 is 13.2 Å². The molecular formula is C11H16N2O3S2. The standard InChI is InChI=1S/C11H16N2O3S2/c1-2-16-6-7-18(14,15)13-10-5-3-4-9(8-10)11(12)17/h3-5,8,13H,2,6-7H2,1H3,(H2,12,17). The van der Waals surface area contributed by atoms with Gasteiger partial charge in [0.25, 0.3) is 0 Å². The van der Waals surface area contributed by atoms with E-state index in [-0.39, 0.29) is 17.3 Å². The fraction of sp³-hybridized carbons (Fsp3) is 0.364. The first-order chi connectivity index (χ1) is 8.44. The van der Waals surface area contributed by atoms with Crippen LogP contribution in [-0.2, 0) is 14.8 Å². The van der Waals surface area contributed by atoms with Gasteiger partial charge in [0.05, 0.1) is 12.4 Å². The average molecular weight is 288 g/mol. The molecule has 3 N–H and O–H groups in total. The molecule has 0 aliphatic heterocycles. The molecule has 0 unspecified atom stereocenters. The number of hydrogen-bond acceptors (Lipinski definition) is 4. The Morgan fingerprint density at radius 3 is 2.83 bits per heavy atom. The number of sulfonamides is 1. The molecule has 1 rings (SSSR count). The van der Waals surface area contributed by atoms with Crippen molar-refractivity contribution in [2.24, 2.45) is 5.73 Å². The Hall–Kier alpha value is -1.18. The first-order valence-corrected chi connectivity index (χ1v) is 7.49. The number of thiocarbonyl (C=S) groups is 1. The second-order valence-corrected chi connectivity index (χ2v) is 5.84. The predicted molar refractivity (Wildman–Crippen MR) is 76.2 cm³/mol. The molecule has 0 aromatic heterocycles. The van der Waals surface area contributed by atoms with Gasteiger partial charge in [-0.15, -0.1) is 0 Å². The molecule has 18 heavy (non-hydrogen) atoms. The molecular weight excluding hydrogens is 272 g/mol. The number of benzene rings is 1. The van der Waals surface area contributed by atoms with Crippen LogP contribution >= 0.6 is 12.2 Å². The third kappa shape index (κ3) is 4.99. The number of hydrogen-bond donors (Lipinski definition) is 2. The quantitative estimate of drug-likeness (QED) is 0.580. The molecule has 0 spiro atoms. The maximum absolute atomic E-state index is 11.7. The van der Waals surface area contributed by atoms with E-state index in [2.05, 4.69) is 4.72 Å². The lowest BCUT2D eigenvalue weighted by Crippen LogP contribution is -2.20. The van der Waals surface area contributed by atoms with Crippen LogP contribution in [0.1, 0.15) is 12.5 Å². The highest BCUT2D eigenvalue weighted by Gasteiger charge is 2.10. The Bertz CT molecular complexity index is 515. The number of anilines is 1. The van der Waals surface area contributed by atoms with Gasteiger partial charge >= 0.3 is 0 Å². The molecule has 7 heteroatoms. The second-order valence-electron chi connectivity index (χ2n) is 3.56. The Morgan fingerprint density at radius 2 is 2.22 bits per heavy atom. The van der Waals surface area contributed by atoms with E-state index < -0.39 is 10.0 Å². The average Bonchev–Trinajstić information content (AvgIpc) is 2.28. The van der Waals surface area contributed by atoms with Gasteiger partial charge in [-0.05, 0) is 19.1 Å². The number of nitrogens with one attached hydrogen (secondary N) is 1. The van der Waals surface area contributed by atoms with Crippen molar-refractivity contribution in [2.75, 3.05) is 23.7 Å². The van der Waals surface area contributed by atoms with Gasteiger partial charge in [-0.25, -0.2) is 8.42 Å². The Labute approximate surface area is 112 Å². The SMILES string of the molecule is CCOCCS(=O)(=O)Nc1cccc(C(N)=S)c1. The van der Waals surface area contributed by atoms with Gasteiger partial charge in [0.2, 0.25) is 10.0 Å². The summed E-state index contributed by atoms with van der Waals surface area (Å²) in [6, 6.07) is 6.65. The molecule has 0 atom stereocenters. The summed E-state index contributed by atoms with van der Waals surface area (Å²) in [7, 11) is -3.41. The van der Waals surface area contributed by atoms with Crippen molar-refractivity contribution in [3.05, 3.63) is 29.8 Å². The van der Waals surface area contributed by atoms with Crippen molar-refractivity contribution in [2.45, 2.75) is 6.92 Å². The van der Waals surface area contributed by atoms with Crippen molar-refractivity contribution in [3.8, 4) is 0 Å². The van der Waals surface area contributed by atoms with Crippen molar-refractivity contribution in [1.82, 2.24) is 0 Å². The summed E-state index contributed by atoms with van der Waals surface area (Å²) in [5.74, 6) is -0.0852. The Morgan fingerprint density at radius 1 is 1.50 bits per heavy atom. The first-order valence-electron chi connectivity index (χ1n) is 5.42. The van der Waals surface area contributed by atoms with Crippen LogP contribution in [0, 0.1) is 0 Å². The van der Waals surface area contributed by atoms with E-state index >= 15 is 0 Å². The third-order valence-electron chi connectivity index (χ3n) is 2.12. The van der Waals surface area contributed by atoms with Gasteiger partial charge in [-0.1, -0.05) is 24.4 Å². The van der Waals surface area contributed by atoms with Crippen LogP contribution in [0.15, 0.2) is 24.3 Å². The molecule has 0 fully saturated rings. The molecule has 0 heterocycles. The second kappa shape index (κ2) is 6.67. The Balaban J connectivity index is 2.72. The molecule has 0 saturated carbocycles. The van der Waals surface area contributed by atoms with Crippen LogP contribution in [0.25, 0.3) is 0 Å². The summed E-state index contributed by atoms with van der Waals surface area (Å²) in [5.41, 5.74) is 6.54. The predicted octanol–water partition coefficient (Wildman–Crippen LogP) is 1.10.